The second-order valence-corrected chi connectivity index (χ2v) is 5.68. The van der Waals surface area contributed by atoms with E-state index in [0.29, 0.717) is 17.1 Å². The van der Waals surface area contributed by atoms with Gasteiger partial charge in [0.25, 0.3) is 5.91 Å². The van der Waals surface area contributed by atoms with E-state index in [1.54, 1.807) is 16.9 Å². The summed E-state index contributed by atoms with van der Waals surface area (Å²) in [6.45, 7) is 3.19. The minimum atomic E-state index is -0.0767. The van der Waals surface area contributed by atoms with Gasteiger partial charge in [-0.15, -0.1) is 0 Å². The van der Waals surface area contributed by atoms with E-state index in [1.165, 1.54) is 0 Å². The molecular formula is C14H15BrClN3O. The van der Waals surface area contributed by atoms with Gasteiger partial charge < -0.3 is 5.32 Å². The molecule has 4 nitrogen and oxygen atoms in total. The number of hydrogen-bond donors (Lipinski definition) is 1. The van der Waals surface area contributed by atoms with Crippen LogP contribution in [0.1, 0.15) is 22.5 Å². The molecule has 1 aromatic heterocycles. The van der Waals surface area contributed by atoms with Crippen molar-refractivity contribution < 1.29 is 4.79 Å². The largest absolute Gasteiger partial charge is 0.352 e. The zero-order valence-corrected chi connectivity index (χ0v) is 13.4. The zero-order chi connectivity index (χ0) is 14.5. The number of carbonyl (C=O) groups is 1. The minimum Gasteiger partial charge on any atom is -0.352 e. The number of carbonyl (C=O) groups excluding carboxylic acids is 1. The highest BCUT2D eigenvalue weighted by atomic mass is 79.9. The fourth-order valence-corrected chi connectivity index (χ4v) is 2.41. The van der Waals surface area contributed by atoms with Crippen molar-refractivity contribution in [2.75, 3.05) is 6.54 Å². The lowest BCUT2D eigenvalue weighted by Gasteiger charge is -2.06. The highest BCUT2D eigenvalue weighted by Crippen LogP contribution is 2.15. The number of hydrogen-bond acceptors (Lipinski definition) is 2. The summed E-state index contributed by atoms with van der Waals surface area (Å²) in [5, 5.41) is 7.82. The first-order valence-electron chi connectivity index (χ1n) is 6.30. The minimum absolute atomic E-state index is 0.0767. The Morgan fingerprint density at radius 1 is 1.45 bits per heavy atom. The molecule has 1 amide bonds. The van der Waals surface area contributed by atoms with Crippen molar-refractivity contribution in [3.63, 3.8) is 0 Å². The number of nitrogens with one attached hydrogen (secondary N) is 1. The van der Waals surface area contributed by atoms with Gasteiger partial charge >= 0.3 is 0 Å². The number of amides is 1. The summed E-state index contributed by atoms with van der Waals surface area (Å²) in [5.74, 6) is -0.0767. The molecule has 6 heteroatoms. The van der Waals surface area contributed by atoms with Crippen molar-refractivity contribution >= 4 is 33.4 Å². The Hall–Kier alpha value is -1.33. The van der Waals surface area contributed by atoms with Gasteiger partial charge in [-0.05, 0) is 41.4 Å². The third-order valence-electron chi connectivity index (χ3n) is 2.85. The highest BCUT2D eigenvalue weighted by Gasteiger charge is 2.08. The molecule has 0 unspecified atom stereocenters. The maximum Gasteiger partial charge on any atom is 0.252 e. The molecule has 0 aliphatic heterocycles. The average molecular weight is 357 g/mol. The van der Waals surface area contributed by atoms with Crippen LogP contribution >= 0.6 is 27.5 Å². The number of aryl methyl sites for hydroxylation is 2. The van der Waals surface area contributed by atoms with Crippen LogP contribution in [0.2, 0.25) is 5.02 Å². The maximum atomic E-state index is 12.0. The summed E-state index contributed by atoms with van der Waals surface area (Å²) in [4.78, 5) is 12.0. The van der Waals surface area contributed by atoms with E-state index in [0.717, 1.165) is 23.1 Å². The van der Waals surface area contributed by atoms with E-state index in [9.17, 15) is 4.79 Å². The monoisotopic (exact) mass is 355 g/mol. The molecular weight excluding hydrogens is 342 g/mol. The van der Waals surface area contributed by atoms with Gasteiger partial charge in [0.15, 0.2) is 0 Å². The summed E-state index contributed by atoms with van der Waals surface area (Å²) in [6.07, 6.45) is 2.60. The number of nitrogens with zero attached hydrogens (tertiary/aromatic N) is 2. The van der Waals surface area contributed by atoms with Crippen molar-refractivity contribution in [3.05, 3.63) is 51.2 Å². The van der Waals surface area contributed by atoms with E-state index in [1.807, 2.05) is 25.1 Å². The Morgan fingerprint density at radius 2 is 2.20 bits per heavy atom. The normalized spacial score (nSPS) is 10.6. The Bertz CT molecular complexity index is 593. The molecule has 0 saturated heterocycles. The summed E-state index contributed by atoms with van der Waals surface area (Å²) in [5.41, 5.74) is 1.47. The third kappa shape index (κ3) is 3.84. The van der Waals surface area contributed by atoms with Gasteiger partial charge in [0.2, 0.25) is 0 Å². The predicted molar refractivity (Wildman–Crippen MR) is 83.1 cm³/mol. The summed E-state index contributed by atoms with van der Waals surface area (Å²) in [7, 11) is 0. The zero-order valence-electron chi connectivity index (χ0n) is 11.1. The third-order valence-corrected chi connectivity index (χ3v) is 3.92. The van der Waals surface area contributed by atoms with Crippen LogP contribution in [0.15, 0.2) is 34.9 Å². The average Bonchev–Trinajstić information content (AvgIpc) is 2.74. The molecule has 20 heavy (non-hydrogen) atoms. The lowest BCUT2D eigenvalue weighted by molar-refractivity contribution is 0.0952. The summed E-state index contributed by atoms with van der Waals surface area (Å²) < 4.78 is 2.59. The molecule has 106 valence electrons. The number of aromatic nitrogens is 2. The van der Waals surface area contributed by atoms with E-state index in [-0.39, 0.29) is 5.91 Å². The summed E-state index contributed by atoms with van der Waals surface area (Å²) in [6, 6.07) is 7.36. The Kier molecular flexibility index (Phi) is 5.20. The lowest BCUT2D eigenvalue weighted by atomic mass is 10.2. The maximum absolute atomic E-state index is 12.0. The van der Waals surface area contributed by atoms with Gasteiger partial charge in [-0.25, -0.2) is 0 Å². The smallest absolute Gasteiger partial charge is 0.252 e. The molecule has 0 bridgehead atoms. The van der Waals surface area contributed by atoms with Crippen molar-refractivity contribution in [1.29, 1.82) is 0 Å². The van der Waals surface area contributed by atoms with Gasteiger partial charge in [0, 0.05) is 23.8 Å². The van der Waals surface area contributed by atoms with Gasteiger partial charge in [-0.1, -0.05) is 23.7 Å². The first kappa shape index (κ1) is 15.1. The van der Waals surface area contributed by atoms with E-state index < -0.39 is 0 Å². The molecule has 1 aromatic carbocycles. The van der Waals surface area contributed by atoms with Crippen LogP contribution in [0, 0.1) is 6.92 Å². The predicted octanol–water partition coefficient (Wildman–Crippen LogP) is 3.43. The standard InChI is InChI=1S/C14H15BrClN3O/c1-10-13(16)9-19(18-10)8-4-7-17-14(20)11-5-2-3-6-12(11)15/h2-3,5-6,9H,4,7-8H2,1H3,(H,17,20). The Balaban J connectivity index is 1.79. The quantitative estimate of drug-likeness (QED) is 0.834. The summed E-state index contributed by atoms with van der Waals surface area (Å²) >= 11 is 9.30. The van der Waals surface area contributed by atoms with Crippen LogP contribution in [0.25, 0.3) is 0 Å². The van der Waals surface area contributed by atoms with Crippen molar-refractivity contribution in [3.8, 4) is 0 Å². The lowest BCUT2D eigenvalue weighted by Crippen LogP contribution is -2.25. The molecule has 0 saturated carbocycles. The molecule has 2 rings (SSSR count). The Morgan fingerprint density at radius 3 is 2.85 bits per heavy atom. The molecule has 0 fully saturated rings. The van der Waals surface area contributed by atoms with Gasteiger partial charge in [-0.3, -0.25) is 9.48 Å². The SMILES string of the molecule is Cc1nn(CCCNC(=O)c2ccccc2Br)cc1Cl. The molecule has 0 aliphatic carbocycles. The van der Waals surface area contributed by atoms with Crippen LogP contribution < -0.4 is 5.32 Å². The molecule has 0 radical (unpaired) electrons. The van der Waals surface area contributed by atoms with Crippen LogP contribution in [0.5, 0.6) is 0 Å². The van der Waals surface area contributed by atoms with Crippen molar-refractivity contribution in [2.45, 2.75) is 19.9 Å². The van der Waals surface area contributed by atoms with Crippen molar-refractivity contribution in [2.24, 2.45) is 0 Å². The van der Waals surface area contributed by atoms with Crippen LogP contribution in [-0.2, 0) is 6.54 Å². The molecule has 0 atom stereocenters. The van der Waals surface area contributed by atoms with Crippen LogP contribution in [-0.4, -0.2) is 22.2 Å². The van der Waals surface area contributed by atoms with Gasteiger partial charge in [0.1, 0.15) is 0 Å². The molecule has 2 aromatic rings. The van der Waals surface area contributed by atoms with Crippen LogP contribution in [0.3, 0.4) is 0 Å². The second-order valence-electron chi connectivity index (χ2n) is 4.41. The highest BCUT2D eigenvalue weighted by molar-refractivity contribution is 9.10. The second kappa shape index (κ2) is 6.90. The fraction of sp³-hybridized carbons (Fsp3) is 0.286. The first-order valence-corrected chi connectivity index (χ1v) is 7.47. The number of halogens is 2. The van der Waals surface area contributed by atoms with E-state index in [4.69, 9.17) is 11.6 Å². The first-order chi connectivity index (χ1) is 9.58. The molecule has 1 heterocycles. The van der Waals surface area contributed by atoms with E-state index in [2.05, 4.69) is 26.3 Å². The fourth-order valence-electron chi connectivity index (χ4n) is 1.79. The number of benzene rings is 1. The topological polar surface area (TPSA) is 46.9 Å². The molecule has 0 spiro atoms. The molecule has 1 N–H and O–H groups in total. The van der Waals surface area contributed by atoms with E-state index >= 15 is 0 Å². The molecule has 0 aliphatic rings. The van der Waals surface area contributed by atoms with Crippen molar-refractivity contribution in [1.82, 2.24) is 15.1 Å². The van der Waals surface area contributed by atoms with Gasteiger partial charge in [0.05, 0.1) is 16.3 Å². The van der Waals surface area contributed by atoms with Crippen LogP contribution in [0.4, 0.5) is 0 Å². The number of rotatable bonds is 5. The Labute approximate surface area is 131 Å². The van der Waals surface area contributed by atoms with Gasteiger partial charge in [-0.2, -0.15) is 5.10 Å².